The van der Waals surface area contributed by atoms with Gasteiger partial charge >= 0.3 is 0 Å². The Balaban J connectivity index is 2.21. The van der Waals surface area contributed by atoms with Crippen LogP contribution in [0.15, 0.2) is 0 Å². The molecule has 2 atom stereocenters. The van der Waals surface area contributed by atoms with Crippen molar-refractivity contribution in [2.45, 2.75) is 130 Å². The van der Waals surface area contributed by atoms with E-state index in [0.717, 1.165) is 5.92 Å². The third-order valence-corrected chi connectivity index (χ3v) is 6.71. The molecule has 1 aliphatic heterocycles. The highest BCUT2D eigenvalue weighted by Crippen LogP contribution is 2.22. The first-order valence-electron chi connectivity index (χ1n) is 13.5. The monoisotopic (exact) mass is 419 g/mol. The zero-order valence-corrected chi connectivity index (χ0v) is 21.0. The van der Waals surface area contributed by atoms with Crippen LogP contribution in [0.2, 0.25) is 0 Å². The second-order valence-corrected chi connectivity index (χ2v) is 9.74. The Morgan fingerprint density at radius 1 is 0.800 bits per heavy atom. The van der Waals surface area contributed by atoms with E-state index in [1.165, 1.54) is 116 Å². The van der Waals surface area contributed by atoms with Crippen molar-refractivity contribution >= 4 is 0 Å². The number of piperidine rings is 1. The molecule has 1 fully saturated rings. The van der Waals surface area contributed by atoms with Crippen LogP contribution < -0.4 is 0 Å². The minimum Gasteiger partial charge on any atom is -0.365 e. The summed E-state index contributed by atoms with van der Waals surface area (Å²) in [6.45, 7) is 13.5. The van der Waals surface area contributed by atoms with Crippen LogP contribution in [0.5, 0.6) is 0 Å². The molecule has 2 heteroatoms. The summed E-state index contributed by atoms with van der Waals surface area (Å²) in [6, 6.07) is 0. The van der Waals surface area contributed by atoms with Gasteiger partial charge < -0.3 is 9.64 Å². The van der Waals surface area contributed by atoms with E-state index in [1.54, 1.807) is 0 Å². The predicted molar refractivity (Wildman–Crippen MR) is 133 cm³/mol. The number of likely N-dealkylation sites (tertiary alicyclic amines) is 1. The van der Waals surface area contributed by atoms with E-state index < -0.39 is 0 Å². The van der Waals surface area contributed by atoms with Gasteiger partial charge in [-0.25, -0.2) is 0 Å². The lowest BCUT2D eigenvalue weighted by Crippen LogP contribution is -2.39. The highest BCUT2D eigenvalue weighted by atomic mass is 16.5. The van der Waals surface area contributed by atoms with E-state index >= 15 is 0 Å². The van der Waals surface area contributed by atoms with Gasteiger partial charge in [-0.15, -0.1) is 0 Å². The van der Waals surface area contributed by atoms with Crippen molar-refractivity contribution in [1.82, 2.24) is 4.90 Å². The van der Waals surface area contributed by atoms with E-state index in [2.05, 4.69) is 44.4 Å². The highest BCUT2D eigenvalue weighted by Gasteiger charge is 2.21. The number of nitrogens with zero attached hydrogens (tertiary/aromatic N) is 1. The molecule has 1 rings (SSSR count). The Kier molecular flexibility index (Phi) is 17.6. The van der Waals surface area contributed by atoms with Crippen LogP contribution in [0.25, 0.3) is 0 Å². The fourth-order valence-electron chi connectivity index (χ4n) is 4.63. The molecule has 1 saturated heterocycles. The molecule has 0 saturated carbocycles. The van der Waals surface area contributed by atoms with E-state index in [9.17, 15) is 0 Å². The third-order valence-electron chi connectivity index (χ3n) is 6.71. The molecule has 2 unspecified atom stereocenters. The van der Waals surface area contributed by atoms with Crippen molar-refractivity contribution < 1.29 is 4.74 Å². The minimum atomic E-state index is 0.425. The number of unbranched alkanes of at least 4 members (excludes halogenated alkanes) is 7. The smallest absolute Gasteiger partial charge is 0.108 e. The van der Waals surface area contributed by atoms with Crippen molar-refractivity contribution in [2.75, 3.05) is 26.2 Å². The second-order valence-electron chi connectivity index (χ2n) is 9.74. The van der Waals surface area contributed by atoms with Gasteiger partial charge in [0.15, 0.2) is 0 Å². The van der Waals surface area contributed by atoms with E-state index in [1.807, 2.05) is 0 Å². The average molecular weight is 420 g/mol. The Labute approximate surface area is 189 Å². The molecule has 2 nitrogen and oxygen atoms in total. The highest BCUT2D eigenvalue weighted by molar-refractivity contribution is 5.02. The third kappa shape index (κ3) is 14.5. The maximum atomic E-state index is 6.08. The molecule has 0 spiro atoms. The first kappa shape index (κ1) is 27.5. The van der Waals surface area contributed by atoms with Crippen LogP contribution in [0.3, 0.4) is 0 Å². The molecule has 0 aromatic heterocycles. The standard InChI is InChI=1S/C28H53NO/c1-5-8-11-12-14-19-27(18-10-7-3)25-29-22-20-28(21-23-29)30-24-15-17-26(4)16-13-9-6-2/h26-28H,5-14,16,18-25H2,1-4H3. The van der Waals surface area contributed by atoms with Crippen LogP contribution in [-0.2, 0) is 4.74 Å². The molecule has 0 amide bonds. The molecule has 0 radical (unpaired) electrons. The zero-order chi connectivity index (χ0) is 21.9. The lowest BCUT2D eigenvalue weighted by molar-refractivity contribution is 0.0200. The summed E-state index contributed by atoms with van der Waals surface area (Å²) in [7, 11) is 0. The first-order valence-corrected chi connectivity index (χ1v) is 13.5. The van der Waals surface area contributed by atoms with Crippen LogP contribution in [0, 0.1) is 23.7 Å². The molecule has 1 heterocycles. The summed E-state index contributed by atoms with van der Waals surface area (Å²) in [5.41, 5.74) is 0. The Morgan fingerprint density at radius 3 is 2.10 bits per heavy atom. The second kappa shape index (κ2) is 19.2. The Bertz CT molecular complexity index is 430. The molecular formula is C28H53NO. The van der Waals surface area contributed by atoms with E-state index in [-0.39, 0.29) is 0 Å². The number of rotatable bonds is 17. The van der Waals surface area contributed by atoms with Crippen molar-refractivity contribution in [2.24, 2.45) is 11.8 Å². The lowest BCUT2D eigenvalue weighted by atomic mass is 9.93. The van der Waals surface area contributed by atoms with E-state index in [0.29, 0.717) is 18.6 Å². The molecule has 0 aromatic carbocycles. The minimum absolute atomic E-state index is 0.425. The molecule has 0 aromatic rings. The summed E-state index contributed by atoms with van der Waals surface area (Å²) in [5, 5.41) is 0. The SMILES string of the molecule is CCCCCCCC(CCCC)CN1CCC(OCC#CC(C)CCCCC)CC1. The van der Waals surface area contributed by atoms with Gasteiger partial charge in [-0.1, -0.05) is 104 Å². The van der Waals surface area contributed by atoms with Crippen LogP contribution in [0.1, 0.15) is 124 Å². The largest absolute Gasteiger partial charge is 0.365 e. The molecule has 0 aliphatic carbocycles. The van der Waals surface area contributed by atoms with Crippen molar-refractivity contribution in [1.29, 1.82) is 0 Å². The topological polar surface area (TPSA) is 12.5 Å². The molecule has 0 bridgehead atoms. The summed E-state index contributed by atoms with van der Waals surface area (Å²) < 4.78 is 6.08. The fourth-order valence-corrected chi connectivity index (χ4v) is 4.63. The summed E-state index contributed by atoms with van der Waals surface area (Å²) in [5.74, 6) is 8.08. The Hall–Kier alpha value is -0.520. The van der Waals surface area contributed by atoms with Gasteiger partial charge in [-0.2, -0.15) is 0 Å². The normalized spacial score (nSPS) is 17.5. The molecular weight excluding hydrogens is 366 g/mol. The molecule has 176 valence electrons. The van der Waals surface area contributed by atoms with Gasteiger partial charge in [0.2, 0.25) is 0 Å². The van der Waals surface area contributed by atoms with E-state index in [4.69, 9.17) is 4.74 Å². The van der Waals surface area contributed by atoms with Crippen LogP contribution >= 0.6 is 0 Å². The van der Waals surface area contributed by atoms with Crippen molar-refractivity contribution in [3.63, 3.8) is 0 Å². The first-order chi connectivity index (χ1) is 14.7. The summed E-state index contributed by atoms with van der Waals surface area (Å²) >= 11 is 0. The summed E-state index contributed by atoms with van der Waals surface area (Å²) in [6.07, 6.45) is 20.6. The average Bonchev–Trinajstić information content (AvgIpc) is 2.76. The van der Waals surface area contributed by atoms with Crippen molar-refractivity contribution in [3.05, 3.63) is 0 Å². The molecule has 0 N–H and O–H groups in total. The van der Waals surface area contributed by atoms with Gasteiger partial charge in [0.1, 0.15) is 6.61 Å². The maximum absolute atomic E-state index is 6.08. The lowest BCUT2D eigenvalue weighted by Gasteiger charge is -2.34. The maximum Gasteiger partial charge on any atom is 0.108 e. The quantitative estimate of drug-likeness (QED) is 0.176. The molecule has 30 heavy (non-hydrogen) atoms. The van der Waals surface area contributed by atoms with Gasteiger partial charge in [-0.05, 0) is 38.0 Å². The zero-order valence-electron chi connectivity index (χ0n) is 21.0. The predicted octanol–water partition coefficient (Wildman–Crippen LogP) is 7.85. The van der Waals surface area contributed by atoms with Gasteiger partial charge in [0.25, 0.3) is 0 Å². The number of hydrogen-bond acceptors (Lipinski definition) is 2. The number of ether oxygens (including phenoxy) is 1. The van der Waals surface area contributed by atoms with Crippen molar-refractivity contribution in [3.8, 4) is 11.8 Å². The molecule has 1 aliphatic rings. The summed E-state index contributed by atoms with van der Waals surface area (Å²) in [4.78, 5) is 2.72. The van der Waals surface area contributed by atoms with Crippen LogP contribution in [0.4, 0.5) is 0 Å². The Morgan fingerprint density at radius 2 is 1.40 bits per heavy atom. The van der Waals surface area contributed by atoms with Crippen LogP contribution in [-0.4, -0.2) is 37.2 Å². The fraction of sp³-hybridized carbons (Fsp3) is 0.929. The van der Waals surface area contributed by atoms with Gasteiger partial charge in [0.05, 0.1) is 6.10 Å². The number of hydrogen-bond donors (Lipinski definition) is 0. The van der Waals surface area contributed by atoms with Gasteiger partial charge in [0, 0.05) is 25.6 Å². The van der Waals surface area contributed by atoms with Gasteiger partial charge in [-0.3, -0.25) is 0 Å².